The van der Waals surface area contributed by atoms with Crippen LogP contribution in [0.5, 0.6) is 0 Å². The van der Waals surface area contributed by atoms with Crippen LogP contribution in [-0.4, -0.2) is 75.4 Å². The number of anilines is 2. The predicted molar refractivity (Wildman–Crippen MR) is 147 cm³/mol. The fourth-order valence-corrected chi connectivity index (χ4v) is 6.01. The quantitative estimate of drug-likeness (QED) is 0.554. The number of nitrogens with one attached hydrogen (secondary N) is 1. The molecule has 2 atom stereocenters. The van der Waals surface area contributed by atoms with Gasteiger partial charge in [-0.2, -0.15) is 0 Å². The molecule has 4 rings (SSSR count). The molecular formula is C27H38N4O5S. The molecule has 2 aliphatic heterocycles. The van der Waals surface area contributed by atoms with Gasteiger partial charge in [0.15, 0.2) is 0 Å². The lowest BCUT2D eigenvalue weighted by Gasteiger charge is -2.38. The van der Waals surface area contributed by atoms with Crippen LogP contribution >= 0.6 is 0 Å². The first kappa shape index (κ1) is 27.3. The van der Waals surface area contributed by atoms with Gasteiger partial charge in [0.1, 0.15) is 5.60 Å². The second-order valence-corrected chi connectivity index (χ2v) is 11.9. The lowest BCUT2D eigenvalue weighted by Crippen LogP contribution is -2.48. The minimum atomic E-state index is -2.27. The number of rotatable bonds is 5. The zero-order valence-corrected chi connectivity index (χ0v) is 22.9. The molecule has 202 valence electrons. The smallest absolute Gasteiger partial charge is 0.410 e. The number of fused-ring (bicyclic) bond motifs is 1. The average Bonchev–Trinajstić information content (AvgIpc) is 2.84. The highest BCUT2D eigenvalue weighted by molar-refractivity contribution is 7.80. The van der Waals surface area contributed by atoms with Crippen LogP contribution in [0.25, 0.3) is 10.8 Å². The zero-order chi connectivity index (χ0) is 26.7. The Morgan fingerprint density at radius 3 is 2.35 bits per heavy atom. The molecular weight excluding hydrogens is 492 g/mol. The van der Waals surface area contributed by atoms with Crippen LogP contribution in [0.3, 0.4) is 0 Å². The molecule has 2 unspecified atom stereocenters. The van der Waals surface area contributed by atoms with Gasteiger partial charge in [0.05, 0.1) is 11.6 Å². The first-order chi connectivity index (χ1) is 17.5. The standard InChI is InChI=1S/C27H38N4O5S/c1-27(2,3)36-26(33)30-16-13-20(14-17-30)31(37(34)35)24-12-11-23(21-9-5-6-10-22(21)24)28-25(32)19-8-7-15-29(4)18-19/h5-6,9-12,19-20H,7-8,13-18H2,1-4H3,(H,28,32)(H,34,35). The maximum absolute atomic E-state index is 13.0. The van der Waals surface area contributed by atoms with Crippen molar-refractivity contribution >= 4 is 45.4 Å². The van der Waals surface area contributed by atoms with Crippen LogP contribution in [0, 0.1) is 5.92 Å². The largest absolute Gasteiger partial charge is 0.444 e. The summed E-state index contributed by atoms with van der Waals surface area (Å²) in [5.74, 6) is -0.0599. The molecule has 2 amide bonds. The molecule has 0 bridgehead atoms. The van der Waals surface area contributed by atoms with E-state index in [9.17, 15) is 18.4 Å². The van der Waals surface area contributed by atoms with Gasteiger partial charge in [0.2, 0.25) is 5.91 Å². The summed E-state index contributed by atoms with van der Waals surface area (Å²) in [5, 5.41) is 4.71. The maximum atomic E-state index is 13.0. The van der Waals surface area contributed by atoms with E-state index in [2.05, 4.69) is 10.2 Å². The van der Waals surface area contributed by atoms with Crippen LogP contribution in [0.4, 0.5) is 16.2 Å². The molecule has 2 aromatic carbocycles. The molecule has 0 saturated carbocycles. The van der Waals surface area contributed by atoms with E-state index in [1.807, 2.05) is 58.2 Å². The molecule has 0 aliphatic carbocycles. The number of carbonyl (C=O) groups is 2. The van der Waals surface area contributed by atoms with Crippen molar-refractivity contribution in [2.75, 3.05) is 42.8 Å². The van der Waals surface area contributed by atoms with Crippen LogP contribution in [0.2, 0.25) is 0 Å². The van der Waals surface area contributed by atoms with Crippen molar-refractivity contribution in [2.24, 2.45) is 5.92 Å². The molecule has 2 N–H and O–H groups in total. The fourth-order valence-electron chi connectivity index (χ4n) is 5.22. The third-order valence-electron chi connectivity index (χ3n) is 7.01. The van der Waals surface area contributed by atoms with Gasteiger partial charge in [-0.3, -0.25) is 13.7 Å². The van der Waals surface area contributed by atoms with E-state index in [1.54, 1.807) is 11.0 Å². The van der Waals surface area contributed by atoms with Crippen molar-refractivity contribution in [3.63, 3.8) is 0 Å². The topological polar surface area (TPSA) is 102 Å². The highest BCUT2D eigenvalue weighted by atomic mass is 32.2. The van der Waals surface area contributed by atoms with Gasteiger partial charge in [-0.05, 0) is 72.2 Å². The number of hydrogen-bond acceptors (Lipinski definition) is 5. The molecule has 37 heavy (non-hydrogen) atoms. The van der Waals surface area contributed by atoms with E-state index >= 15 is 0 Å². The number of benzene rings is 2. The van der Waals surface area contributed by atoms with Gasteiger partial charge < -0.3 is 19.9 Å². The van der Waals surface area contributed by atoms with Crippen LogP contribution < -0.4 is 9.62 Å². The van der Waals surface area contributed by atoms with E-state index in [-0.39, 0.29) is 24.0 Å². The van der Waals surface area contributed by atoms with Crippen molar-refractivity contribution in [2.45, 2.75) is 58.1 Å². The molecule has 2 aliphatic rings. The second kappa shape index (κ2) is 11.4. The lowest BCUT2D eigenvalue weighted by molar-refractivity contribution is -0.121. The number of hydrogen-bond donors (Lipinski definition) is 2. The van der Waals surface area contributed by atoms with Gasteiger partial charge in [-0.1, -0.05) is 24.3 Å². The molecule has 2 saturated heterocycles. The van der Waals surface area contributed by atoms with E-state index in [4.69, 9.17) is 4.74 Å². The Balaban J connectivity index is 1.54. The summed E-state index contributed by atoms with van der Waals surface area (Å²) in [6.07, 6.45) is 2.57. The SMILES string of the molecule is CN1CCCC(C(=O)Nc2ccc(N(C3CCN(C(=O)OC(C)(C)C)CC3)S(=O)O)c3ccccc23)C1. The average molecular weight is 531 g/mol. The molecule has 2 heterocycles. The first-order valence-electron chi connectivity index (χ1n) is 12.9. The van der Waals surface area contributed by atoms with Crippen LogP contribution in [0.15, 0.2) is 36.4 Å². The van der Waals surface area contributed by atoms with Gasteiger partial charge >= 0.3 is 6.09 Å². The van der Waals surface area contributed by atoms with Gasteiger partial charge in [0.25, 0.3) is 11.3 Å². The third-order valence-corrected chi connectivity index (χ3v) is 7.84. The number of amides is 2. The molecule has 2 aromatic rings. The molecule has 10 heteroatoms. The van der Waals surface area contributed by atoms with Crippen LogP contribution in [0.1, 0.15) is 46.5 Å². The third kappa shape index (κ3) is 6.61. The first-order valence-corrected chi connectivity index (χ1v) is 14.0. The Kier molecular flexibility index (Phi) is 8.40. The lowest BCUT2D eigenvalue weighted by atomic mass is 9.97. The Morgan fingerprint density at radius 2 is 1.73 bits per heavy atom. The predicted octanol–water partition coefficient (Wildman–Crippen LogP) is 4.46. The summed E-state index contributed by atoms with van der Waals surface area (Å²) in [4.78, 5) is 29.3. The summed E-state index contributed by atoms with van der Waals surface area (Å²) in [7, 11) is 2.03. The van der Waals surface area contributed by atoms with E-state index in [0.29, 0.717) is 37.3 Å². The molecule has 9 nitrogen and oxygen atoms in total. The second-order valence-electron chi connectivity index (χ2n) is 11.0. The van der Waals surface area contributed by atoms with E-state index in [0.717, 1.165) is 36.7 Å². The Hall–Kier alpha value is -2.69. The normalized spacial score (nSPS) is 20.5. The van der Waals surface area contributed by atoms with E-state index < -0.39 is 16.9 Å². The minimum absolute atomic E-state index is 0.00144. The minimum Gasteiger partial charge on any atom is -0.444 e. The molecule has 0 spiro atoms. The van der Waals surface area contributed by atoms with Crippen molar-refractivity contribution in [3.05, 3.63) is 36.4 Å². The Bertz CT molecular complexity index is 1160. The van der Waals surface area contributed by atoms with Gasteiger partial charge in [-0.25, -0.2) is 9.00 Å². The summed E-state index contributed by atoms with van der Waals surface area (Å²) in [6, 6.07) is 11.0. The maximum Gasteiger partial charge on any atom is 0.410 e. The van der Waals surface area contributed by atoms with Gasteiger partial charge in [-0.15, -0.1) is 0 Å². The number of piperidine rings is 2. The number of ether oxygens (including phenoxy) is 1. The van der Waals surface area contributed by atoms with Crippen LogP contribution in [-0.2, 0) is 20.8 Å². The van der Waals surface area contributed by atoms with Crippen molar-refractivity contribution in [1.82, 2.24) is 9.80 Å². The number of likely N-dealkylation sites (tertiary alicyclic amines) is 2. The highest BCUT2D eigenvalue weighted by Crippen LogP contribution is 2.36. The van der Waals surface area contributed by atoms with Gasteiger partial charge in [0, 0.05) is 42.1 Å². The van der Waals surface area contributed by atoms with Crippen molar-refractivity contribution < 1.29 is 23.1 Å². The highest BCUT2D eigenvalue weighted by Gasteiger charge is 2.33. The summed E-state index contributed by atoms with van der Waals surface area (Å²) >= 11 is -2.27. The molecule has 2 fully saturated rings. The van der Waals surface area contributed by atoms with Crippen molar-refractivity contribution in [1.29, 1.82) is 0 Å². The number of nitrogens with zero attached hydrogens (tertiary/aromatic N) is 3. The monoisotopic (exact) mass is 530 g/mol. The van der Waals surface area contributed by atoms with E-state index in [1.165, 1.54) is 4.31 Å². The summed E-state index contributed by atoms with van der Waals surface area (Å²) in [5.41, 5.74) is 0.749. The van der Waals surface area contributed by atoms with Crippen molar-refractivity contribution in [3.8, 4) is 0 Å². The molecule has 0 aromatic heterocycles. The zero-order valence-electron chi connectivity index (χ0n) is 22.1. The number of carbonyl (C=O) groups excluding carboxylic acids is 2. The summed E-state index contributed by atoms with van der Waals surface area (Å²) < 4.78 is 29.9. The summed E-state index contributed by atoms with van der Waals surface area (Å²) in [6.45, 7) is 8.12. The Labute approximate surface area is 221 Å². The molecule has 0 radical (unpaired) electrons. The Morgan fingerprint density at radius 1 is 1.05 bits per heavy atom. The fraction of sp³-hybridized carbons (Fsp3) is 0.556.